The third-order valence-electron chi connectivity index (χ3n) is 2.88. The Kier molecular flexibility index (Phi) is 4.74. The van der Waals surface area contributed by atoms with Crippen LogP contribution >= 0.6 is 11.8 Å². The predicted molar refractivity (Wildman–Crippen MR) is 82.8 cm³/mol. The summed E-state index contributed by atoms with van der Waals surface area (Å²) in [6.07, 6.45) is 0. The second-order valence-corrected chi connectivity index (χ2v) is 5.43. The van der Waals surface area contributed by atoms with Gasteiger partial charge in [-0.15, -0.1) is 11.8 Å². The van der Waals surface area contributed by atoms with E-state index in [1.165, 1.54) is 10.5 Å². The lowest BCUT2D eigenvalue weighted by molar-refractivity contribution is 0.340. The molecule has 0 unspecified atom stereocenters. The average Bonchev–Trinajstić information content (AvgIpc) is 2.42. The van der Waals surface area contributed by atoms with Gasteiger partial charge < -0.3 is 10.5 Å². The van der Waals surface area contributed by atoms with Crippen LogP contribution in [0.4, 0.5) is 5.69 Å². The average molecular weight is 273 g/mol. The first-order valence-corrected chi connectivity index (χ1v) is 7.38. The summed E-state index contributed by atoms with van der Waals surface area (Å²) in [5.74, 6) is 1.88. The number of benzene rings is 2. The number of aryl methyl sites for hydroxylation is 1. The molecule has 2 nitrogen and oxygen atoms in total. The van der Waals surface area contributed by atoms with E-state index in [2.05, 4.69) is 24.3 Å². The topological polar surface area (TPSA) is 35.2 Å². The number of thioether (sulfide) groups is 1. The van der Waals surface area contributed by atoms with Gasteiger partial charge in [-0.1, -0.05) is 12.1 Å². The number of ether oxygens (including phenoxy) is 1. The monoisotopic (exact) mass is 273 g/mol. The van der Waals surface area contributed by atoms with Crippen LogP contribution in [0.15, 0.2) is 47.4 Å². The lowest BCUT2D eigenvalue weighted by atomic mass is 10.2. The summed E-state index contributed by atoms with van der Waals surface area (Å²) < 4.78 is 5.43. The van der Waals surface area contributed by atoms with Crippen LogP contribution in [0.5, 0.6) is 5.75 Å². The molecular weight excluding hydrogens is 254 g/mol. The van der Waals surface area contributed by atoms with Crippen molar-refractivity contribution in [1.29, 1.82) is 0 Å². The zero-order chi connectivity index (χ0) is 13.7. The molecule has 0 amide bonds. The Labute approximate surface area is 119 Å². The fourth-order valence-electron chi connectivity index (χ4n) is 1.75. The number of hydrogen-bond donors (Lipinski definition) is 1. The molecule has 0 aromatic heterocycles. The molecule has 2 aromatic carbocycles. The first kappa shape index (κ1) is 13.8. The fourth-order valence-corrected chi connectivity index (χ4v) is 2.70. The zero-order valence-electron chi connectivity index (χ0n) is 11.3. The SMILES string of the molecule is CCOc1ccc(CSc2ccc(N)c(C)c2)cc1. The molecule has 0 saturated carbocycles. The highest BCUT2D eigenvalue weighted by Gasteiger charge is 2.00. The van der Waals surface area contributed by atoms with E-state index >= 15 is 0 Å². The maximum Gasteiger partial charge on any atom is 0.119 e. The van der Waals surface area contributed by atoms with Crippen molar-refractivity contribution in [2.45, 2.75) is 24.5 Å². The van der Waals surface area contributed by atoms with E-state index in [1.54, 1.807) is 0 Å². The van der Waals surface area contributed by atoms with Crippen molar-refractivity contribution in [1.82, 2.24) is 0 Å². The van der Waals surface area contributed by atoms with Gasteiger partial charge in [0.1, 0.15) is 5.75 Å². The number of nitrogen functional groups attached to an aromatic ring is 1. The number of rotatable bonds is 5. The van der Waals surface area contributed by atoms with Gasteiger partial charge in [-0.05, 0) is 55.3 Å². The summed E-state index contributed by atoms with van der Waals surface area (Å²) in [5, 5.41) is 0. The van der Waals surface area contributed by atoms with Crippen molar-refractivity contribution < 1.29 is 4.74 Å². The summed E-state index contributed by atoms with van der Waals surface area (Å²) >= 11 is 1.82. The highest BCUT2D eigenvalue weighted by Crippen LogP contribution is 2.26. The maximum absolute atomic E-state index is 5.82. The molecule has 0 saturated heterocycles. The van der Waals surface area contributed by atoms with Gasteiger partial charge in [0, 0.05) is 16.3 Å². The molecule has 3 heteroatoms. The van der Waals surface area contributed by atoms with Crippen molar-refractivity contribution >= 4 is 17.4 Å². The van der Waals surface area contributed by atoms with Crippen molar-refractivity contribution in [3.8, 4) is 5.75 Å². The normalized spacial score (nSPS) is 10.4. The molecule has 2 aromatic rings. The van der Waals surface area contributed by atoms with E-state index in [0.717, 1.165) is 22.8 Å². The second-order valence-electron chi connectivity index (χ2n) is 4.38. The summed E-state index contributed by atoms with van der Waals surface area (Å²) in [6, 6.07) is 14.4. The molecule has 0 heterocycles. The van der Waals surface area contributed by atoms with Crippen LogP contribution in [0.3, 0.4) is 0 Å². The van der Waals surface area contributed by atoms with Crippen LogP contribution < -0.4 is 10.5 Å². The van der Waals surface area contributed by atoms with Gasteiger partial charge in [0.15, 0.2) is 0 Å². The largest absolute Gasteiger partial charge is 0.494 e. The van der Waals surface area contributed by atoms with E-state index in [9.17, 15) is 0 Å². The summed E-state index contributed by atoms with van der Waals surface area (Å²) in [7, 11) is 0. The van der Waals surface area contributed by atoms with E-state index in [1.807, 2.05) is 43.8 Å². The standard InChI is InChI=1S/C16H19NOS/c1-3-18-14-6-4-13(5-7-14)11-19-15-8-9-16(17)12(2)10-15/h4-10H,3,11,17H2,1-2H3. The van der Waals surface area contributed by atoms with Crippen LogP contribution in [-0.4, -0.2) is 6.61 Å². The smallest absolute Gasteiger partial charge is 0.119 e. The predicted octanol–water partition coefficient (Wildman–Crippen LogP) is 4.27. The van der Waals surface area contributed by atoms with Crippen LogP contribution in [0, 0.1) is 6.92 Å². The molecule has 0 bridgehead atoms. The van der Waals surface area contributed by atoms with Crippen molar-refractivity contribution in [3.05, 3.63) is 53.6 Å². The number of nitrogens with two attached hydrogens (primary N) is 1. The van der Waals surface area contributed by atoms with Crippen LogP contribution in [0.2, 0.25) is 0 Å². The number of hydrogen-bond acceptors (Lipinski definition) is 3. The van der Waals surface area contributed by atoms with Crippen LogP contribution in [-0.2, 0) is 5.75 Å². The summed E-state index contributed by atoms with van der Waals surface area (Å²) in [4.78, 5) is 1.25. The first-order valence-electron chi connectivity index (χ1n) is 6.39. The Balaban J connectivity index is 1.96. The second kappa shape index (κ2) is 6.53. The third kappa shape index (κ3) is 3.93. The van der Waals surface area contributed by atoms with Gasteiger partial charge in [-0.25, -0.2) is 0 Å². The third-order valence-corrected chi connectivity index (χ3v) is 3.95. The fraction of sp³-hybridized carbons (Fsp3) is 0.250. The van der Waals surface area contributed by atoms with E-state index in [0.29, 0.717) is 6.61 Å². The van der Waals surface area contributed by atoms with Crippen molar-refractivity contribution in [2.75, 3.05) is 12.3 Å². The zero-order valence-corrected chi connectivity index (χ0v) is 12.2. The minimum absolute atomic E-state index is 0.707. The Morgan fingerprint density at radius 1 is 1.11 bits per heavy atom. The summed E-state index contributed by atoms with van der Waals surface area (Å²) in [5.41, 5.74) is 9.10. The van der Waals surface area contributed by atoms with E-state index in [4.69, 9.17) is 10.5 Å². The molecule has 2 rings (SSSR count). The molecule has 0 spiro atoms. The Bertz CT molecular complexity index is 537. The van der Waals surface area contributed by atoms with Gasteiger partial charge in [-0.2, -0.15) is 0 Å². The van der Waals surface area contributed by atoms with Gasteiger partial charge >= 0.3 is 0 Å². The maximum atomic E-state index is 5.82. The molecule has 0 atom stereocenters. The Hall–Kier alpha value is -1.61. The molecule has 0 aliphatic carbocycles. The molecule has 0 aliphatic heterocycles. The highest BCUT2D eigenvalue weighted by atomic mass is 32.2. The first-order chi connectivity index (χ1) is 9.19. The molecule has 0 aliphatic rings. The molecule has 19 heavy (non-hydrogen) atoms. The number of anilines is 1. The van der Waals surface area contributed by atoms with Crippen molar-refractivity contribution in [3.63, 3.8) is 0 Å². The van der Waals surface area contributed by atoms with E-state index < -0.39 is 0 Å². The highest BCUT2D eigenvalue weighted by molar-refractivity contribution is 7.98. The van der Waals surface area contributed by atoms with Crippen LogP contribution in [0.25, 0.3) is 0 Å². The lowest BCUT2D eigenvalue weighted by Gasteiger charge is -2.06. The quantitative estimate of drug-likeness (QED) is 0.652. The van der Waals surface area contributed by atoms with Gasteiger partial charge in [0.05, 0.1) is 6.61 Å². The van der Waals surface area contributed by atoms with Gasteiger partial charge in [0.25, 0.3) is 0 Å². The molecule has 2 N–H and O–H groups in total. The molecule has 0 fully saturated rings. The van der Waals surface area contributed by atoms with Crippen LogP contribution in [0.1, 0.15) is 18.1 Å². The van der Waals surface area contributed by atoms with Gasteiger partial charge in [-0.3, -0.25) is 0 Å². The lowest BCUT2D eigenvalue weighted by Crippen LogP contribution is -1.91. The van der Waals surface area contributed by atoms with E-state index in [-0.39, 0.29) is 0 Å². The molecule has 100 valence electrons. The summed E-state index contributed by atoms with van der Waals surface area (Å²) in [6.45, 7) is 4.74. The van der Waals surface area contributed by atoms with Gasteiger partial charge in [0.2, 0.25) is 0 Å². The Morgan fingerprint density at radius 3 is 2.47 bits per heavy atom. The molecular formula is C16H19NOS. The minimum Gasteiger partial charge on any atom is -0.494 e. The molecule has 0 radical (unpaired) electrons. The minimum atomic E-state index is 0.707. The van der Waals surface area contributed by atoms with Crippen molar-refractivity contribution in [2.24, 2.45) is 0 Å². The Morgan fingerprint density at radius 2 is 1.84 bits per heavy atom.